The molecule has 0 spiro atoms. The summed E-state index contributed by atoms with van der Waals surface area (Å²) in [6, 6.07) is 0. The van der Waals surface area contributed by atoms with E-state index in [2.05, 4.69) is 0 Å². The molecule has 0 bridgehead atoms. The summed E-state index contributed by atoms with van der Waals surface area (Å²) in [4.78, 5) is 20.3. The van der Waals surface area contributed by atoms with Crippen molar-refractivity contribution in [3.05, 3.63) is 11.1 Å². The van der Waals surface area contributed by atoms with Crippen LogP contribution in [0.25, 0.3) is 0 Å². The Morgan fingerprint density at radius 2 is 2.00 bits per heavy atom. The summed E-state index contributed by atoms with van der Waals surface area (Å²) in [5.74, 6) is -0.909. The number of hydrogen-bond acceptors (Lipinski definition) is 2. The lowest BCUT2D eigenvalue weighted by Gasteiger charge is -1.99. The van der Waals surface area contributed by atoms with Crippen LogP contribution < -0.4 is 0 Å². The lowest BCUT2D eigenvalue weighted by atomic mass is 10.1. The molecule has 0 heterocycles. The lowest BCUT2D eigenvalue weighted by Crippen LogP contribution is -1.99. The highest BCUT2D eigenvalue weighted by atomic mass is 16.4. The zero-order valence-corrected chi connectivity index (χ0v) is 6.76. The van der Waals surface area contributed by atoms with Crippen LogP contribution in [0.5, 0.6) is 0 Å². The predicted molar refractivity (Wildman–Crippen MR) is 41.3 cm³/mol. The molecule has 0 aromatic rings. The monoisotopic (exact) mass is 156 g/mol. The second-order valence-corrected chi connectivity index (χ2v) is 2.42. The molecule has 0 amide bonds. The van der Waals surface area contributed by atoms with Crippen molar-refractivity contribution in [1.29, 1.82) is 0 Å². The molecule has 0 aliphatic carbocycles. The van der Waals surface area contributed by atoms with Crippen LogP contribution in [0.1, 0.15) is 26.7 Å². The molecular weight excluding hydrogens is 144 g/mol. The molecule has 0 fully saturated rings. The Morgan fingerprint density at radius 1 is 1.45 bits per heavy atom. The van der Waals surface area contributed by atoms with Gasteiger partial charge >= 0.3 is 5.97 Å². The molecule has 0 aliphatic rings. The van der Waals surface area contributed by atoms with E-state index in [-0.39, 0.29) is 0 Å². The second-order valence-electron chi connectivity index (χ2n) is 2.42. The van der Waals surface area contributed by atoms with Gasteiger partial charge in [0.1, 0.15) is 6.29 Å². The third kappa shape index (κ3) is 3.55. The first-order valence-corrected chi connectivity index (χ1v) is 3.43. The van der Waals surface area contributed by atoms with E-state index in [9.17, 15) is 9.59 Å². The van der Waals surface area contributed by atoms with Crippen LogP contribution in [0, 0.1) is 0 Å². The van der Waals surface area contributed by atoms with Gasteiger partial charge < -0.3 is 9.90 Å². The fourth-order valence-electron chi connectivity index (χ4n) is 0.645. The van der Waals surface area contributed by atoms with Crippen molar-refractivity contribution in [3.63, 3.8) is 0 Å². The van der Waals surface area contributed by atoms with E-state index >= 15 is 0 Å². The van der Waals surface area contributed by atoms with Gasteiger partial charge in [-0.1, -0.05) is 5.57 Å². The molecule has 1 N–H and O–H groups in total. The summed E-state index contributed by atoms with van der Waals surface area (Å²) in [5, 5.41) is 8.51. The first kappa shape index (κ1) is 9.88. The maximum Gasteiger partial charge on any atom is 0.331 e. The van der Waals surface area contributed by atoms with Gasteiger partial charge in [-0.05, 0) is 20.3 Å². The number of hydrogen-bond donors (Lipinski definition) is 1. The maximum atomic E-state index is 10.4. The highest BCUT2D eigenvalue weighted by Crippen LogP contribution is 2.08. The van der Waals surface area contributed by atoms with Crippen LogP contribution >= 0.6 is 0 Å². The zero-order chi connectivity index (χ0) is 8.85. The quantitative estimate of drug-likeness (QED) is 0.494. The van der Waals surface area contributed by atoms with E-state index in [1.54, 1.807) is 13.8 Å². The van der Waals surface area contributed by atoms with E-state index in [0.29, 0.717) is 18.4 Å². The molecule has 0 aromatic carbocycles. The topological polar surface area (TPSA) is 54.4 Å². The first-order chi connectivity index (χ1) is 5.09. The van der Waals surface area contributed by atoms with Gasteiger partial charge in [0.2, 0.25) is 0 Å². The maximum absolute atomic E-state index is 10.4. The molecule has 0 radical (unpaired) electrons. The molecule has 0 saturated heterocycles. The van der Waals surface area contributed by atoms with Gasteiger partial charge in [-0.3, -0.25) is 0 Å². The average Bonchev–Trinajstić information content (AvgIpc) is 1.98. The Balaban J connectivity index is 4.15. The van der Waals surface area contributed by atoms with Crippen molar-refractivity contribution in [2.24, 2.45) is 0 Å². The molecular formula is C8H12O3. The van der Waals surface area contributed by atoms with Gasteiger partial charge in [-0.25, -0.2) is 4.79 Å². The molecule has 0 saturated carbocycles. The number of aldehydes is 1. The standard InChI is InChI=1S/C8H12O3/c1-6(4-3-5-9)7(2)8(10)11/h5H,3-4H2,1-2H3,(H,10,11)/b7-6+. The number of allylic oxidation sites excluding steroid dienone is 1. The predicted octanol–water partition coefficient (Wildman–Crippen LogP) is 1.39. The Bertz CT molecular complexity index is 192. The largest absolute Gasteiger partial charge is 0.478 e. The van der Waals surface area contributed by atoms with Crippen molar-refractivity contribution >= 4 is 12.3 Å². The van der Waals surface area contributed by atoms with Gasteiger partial charge in [0.25, 0.3) is 0 Å². The van der Waals surface area contributed by atoms with Crippen LogP contribution in [0.2, 0.25) is 0 Å². The van der Waals surface area contributed by atoms with Gasteiger partial charge in [-0.2, -0.15) is 0 Å². The zero-order valence-electron chi connectivity index (χ0n) is 6.76. The minimum Gasteiger partial charge on any atom is -0.478 e. The summed E-state index contributed by atoms with van der Waals surface area (Å²) in [6.45, 7) is 3.27. The van der Waals surface area contributed by atoms with Gasteiger partial charge in [0.15, 0.2) is 0 Å². The molecule has 11 heavy (non-hydrogen) atoms. The lowest BCUT2D eigenvalue weighted by molar-refractivity contribution is -0.132. The van der Waals surface area contributed by atoms with Crippen molar-refractivity contribution in [2.45, 2.75) is 26.7 Å². The van der Waals surface area contributed by atoms with E-state index in [0.717, 1.165) is 11.9 Å². The summed E-state index contributed by atoms with van der Waals surface area (Å²) < 4.78 is 0. The average molecular weight is 156 g/mol. The van der Waals surface area contributed by atoms with Crippen LogP contribution in [-0.4, -0.2) is 17.4 Å². The van der Waals surface area contributed by atoms with E-state index in [1.807, 2.05) is 0 Å². The molecule has 0 atom stereocenters. The summed E-state index contributed by atoms with van der Waals surface area (Å²) in [7, 11) is 0. The Labute approximate surface area is 65.7 Å². The van der Waals surface area contributed by atoms with E-state index in [1.165, 1.54) is 0 Å². The van der Waals surface area contributed by atoms with Crippen LogP contribution in [0.4, 0.5) is 0 Å². The van der Waals surface area contributed by atoms with Gasteiger partial charge in [-0.15, -0.1) is 0 Å². The summed E-state index contributed by atoms with van der Waals surface area (Å²) in [5.41, 5.74) is 1.11. The molecule has 0 aliphatic heterocycles. The molecule has 0 unspecified atom stereocenters. The summed E-state index contributed by atoms with van der Waals surface area (Å²) >= 11 is 0. The van der Waals surface area contributed by atoms with E-state index < -0.39 is 5.97 Å². The summed E-state index contributed by atoms with van der Waals surface area (Å²) in [6.07, 6.45) is 1.73. The Morgan fingerprint density at radius 3 is 2.36 bits per heavy atom. The highest BCUT2D eigenvalue weighted by molar-refractivity contribution is 5.86. The van der Waals surface area contributed by atoms with E-state index in [4.69, 9.17) is 5.11 Å². The van der Waals surface area contributed by atoms with Crippen LogP contribution in [0.3, 0.4) is 0 Å². The number of carbonyl (C=O) groups excluding carboxylic acids is 1. The number of carbonyl (C=O) groups is 2. The number of carboxylic acid groups (broad SMARTS) is 1. The first-order valence-electron chi connectivity index (χ1n) is 3.43. The molecule has 62 valence electrons. The Hall–Kier alpha value is -1.12. The van der Waals surface area contributed by atoms with Gasteiger partial charge in [0.05, 0.1) is 0 Å². The molecule has 3 nitrogen and oxygen atoms in total. The van der Waals surface area contributed by atoms with Crippen LogP contribution in [-0.2, 0) is 9.59 Å². The minimum atomic E-state index is -0.909. The molecule has 3 heteroatoms. The molecule has 0 aromatic heterocycles. The van der Waals surface area contributed by atoms with Crippen LogP contribution in [0.15, 0.2) is 11.1 Å². The SMILES string of the molecule is C/C(CCC=O)=C(/C)C(=O)O. The third-order valence-electron chi connectivity index (χ3n) is 1.60. The Kier molecular flexibility index (Phi) is 4.18. The number of aliphatic carboxylic acids is 1. The van der Waals surface area contributed by atoms with Crippen molar-refractivity contribution in [3.8, 4) is 0 Å². The second kappa shape index (κ2) is 4.66. The minimum absolute atomic E-state index is 0.340. The number of rotatable bonds is 4. The van der Waals surface area contributed by atoms with Crippen molar-refractivity contribution in [2.75, 3.05) is 0 Å². The third-order valence-corrected chi connectivity index (χ3v) is 1.60. The van der Waals surface area contributed by atoms with Crippen molar-refractivity contribution in [1.82, 2.24) is 0 Å². The fourth-order valence-corrected chi connectivity index (χ4v) is 0.645. The normalized spacial score (nSPS) is 12.2. The van der Waals surface area contributed by atoms with Crippen molar-refractivity contribution < 1.29 is 14.7 Å². The smallest absolute Gasteiger partial charge is 0.331 e. The van der Waals surface area contributed by atoms with Gasteiger partial charge in [0, 0.05) is 12.0 Å². The highest BCUT2D eigenvalue weighted by Gasteiger charge is 2.03. The number of carboxylic acids is 1. The fraction of sp³-hybridized carbons (Fsp3) is 0.500. The molecule has 0 rings (SSSR count).